The van der Waals surface area contributed by atoms with Crippen LogP contribution < -0.4 is 5.32 Å². The van der Waals surface area contributed by atoms with Crippen LogP contribution in [0.5, 0.6) is 0 Å². The number of halogens is 2. The Bertz CT molecular complexity index is 630. The lowest BCUT2D eigenvalue weighted by Crippen LogP contribution is -2.07. The fourth-order valence-electron chi connectivity index (χ4n) is 1.85. The van der Waals surface area contributed by atoms with Gasteiger partial charge in [0, 0.05) is 17.8 Å². The summed E-state index contributed by atoms with van der Waals surface area (Å²) in [4.78, 5) is 10.0. The van der Waals surface area contributed by atoms with Gasteiger partial charge in [-0.2, -0.15) is 0 Å². The van der Waals surface area contributed by atoms with Gasteiger partial charge in [0.25, 0.3) is 5.69 Å². The molecule has 0 aliphatic heterocycles. The highest BCUT2D eigenvalue weighted by Crippen LogP contribution is 2.24. The van der Waals surface area contributed by atoms with E-state index in [9.17, 15) is 18.9 Å². The summed E-state index contributed by atoms with van der Waals surface area (Å²) in [6, 6.07) is 8.88. The quantitative estimate of drug-likeness (QED) is 0.678. The van der Waals surface area contributed by atoms with E-state index in [0.717, 1.165) is 11.6 Å². The molecule has 6 heteroatoms. The number of non-ortho nitro benzene ring substituents is 1. The van der Waals surface area contributed by atoms with E-state index in [0.29, 0.717) is 5.69 Å². The SMILES string of the molecule is CC(Nc1cc(F)cc([N+](=O)[O-])c1)c1ccc(F)cc1. The molecule has 0 aromatic heterocycles. The first-order valence-electron chi connectivity index (χ1n) is 5.92. The second kappa shape index (κ2) is 5.64. The number of anilines is 1. The molecule has 2 aromatic carbocycles. The Kier molecular flexibility index (Phi) is 3.93. The summed E-state index contributed by atoms with van der Waals surface area (Å²) in [6.45, 7) is 1.80. The van der Waals surface area contributed by atoms with Crippen LogP contribution >= 0.6 is 0 Å². The molecule has 2 rings (SSSR count). The van der Waals surface area contributed by atoms with Crippen LogP contribution in [0.3, 0.4) is 0 Å². The Morgan fingerprint density at radius 1 is 1.10 bits per heavy atom. The number of hydrogen-bond donors (Lipinski definition) is 1. The molecular weight excluding hydrogens is 266 g/mol. The molecule has 0 saturated carbocycles. The maximum Gasteiger partial charge on any atom is 0.274 e. The van der Waals surface area contributed by atoms with Crippen LogP contribution in [0.15, 0.2) is 42.5 Å². The van der Waals surface area contributed by atoms with E-state index in [4.69, 9.17) is 0 Å². The lowest BCUT2D eigenvalue weighted by Gasteiger charge is -2.15. The van der Waals surface area contributed by atoms with Crippen LogP contribution in [0.25, 0.3) is 0 Å². The average Bonchev–Trinajstić information content (AvgIpc) is 2.38. The summed E-state index contributed by atoms with van der Waals surface area (Å²) in [5, 5.41) is 13.6. The van der Waals surface area contributed by atoms with E-state index in [-0.39, 0.29) is 17.5 Å². The van der Waals surface area contributed by atoms with Gasteiger partial charge in [0.2, 0.25) is 0 Å². The Morgan fingerprint density at radius 3 is 2.35 bits per heavy atom. The Labute approximate surface area is 114 Å². The number of nitrogens with one attached hydrogen (secondary N) is 1. The fourth-order valence-corrected chi connectivity index (χ4v) is 1.85. The Balaban J connectivity index is 2.21. The van der Waals surface area contributed by atoms with Crippen molar-refractivity contribution in [1.82, 2.24) is 0 Å². The minimum Gasteiger partial charge on any atom is -0.378 e. The fraction of sp³-hybridized carbons (Fsp3) is 0.143. The molecule has 0 spiro atoms. The van der Waals surface area contributed by atoms with Gasteiger partial charge in [-0.25, -0.2) is 8.78 Å². The molecule has 0 amide bonds. The number of benzene rings is 2. The molecule has 0 aliphatic carbocycles. The zero-order valence-corrected chi connectivity index (χ0v) is 10.6. The number of nitrogens with zero attached hydrogens (tertiary/aromatic N) is 1. The molecule has 0 aliphatic rings. The molecule has 20 heavy (non-hydrogen) atoms. The van der Waals surface area contributed by atoms with Crippen molar-refractivity contribution in [2.45, 2.75) is 13.0 Å². The summed E-state index contributed by atoms with van der Waals surface area (Å²) >= 11 is 0. The second-order valence-electron chi connectivity index (χ2n) is 4.37. The average molecular weight is 278 g/mol. The van der Waals surface area contributed by atoms with Gasteiger partial charge >= 0.3 is 0 Å². The monoisotopic (exact) mass is 278 g/mol. The predicted molar refractivity (Wildman–Crippen MR) is 71.5 cm³/mol. The van der Waals surface area contributed by atoms with Crippen molar-refractivity contribution in [3.8, 4) is 0 Å². The molecule has 2 aromatic rings. The zero-order chi connectivity index (χ0) is 14.7. The topological polar surface area (TPSA) is 55.2 Å². The summed E-state index contributed by atoms with van der Waals surface area (Å²) in [6.07, 6.45) is 0. The van der Waals surface area contributed by atoms with Crippen molar-refractivity contribution in [2.24, 2.45) is 0 Å². The van der Waals surface area contributed by atoms with Crippen LogP contribution in [-0.4, -0.2) is 4.92 Å². The minimum atomic E-state index is -0.687. The van der Waals surface area contributed by atoms with Crippen LogP contribution in [0.4, 0.5) is 20.2 Å². The van der Waals surface area contributed by atoms with Crippen molar-refractivity contribution >= 4 is 11.4 Å². The zero-order valence-electron chi connectivity index (χ0n) is 10.6. The van der Waals surface area contributed by atoms with Crippen molar-refractivity contribution < 1.29 is 13.7 Å². The maximum atomic E-state index is 13.3. The number of rotatable bonds is 4. The number of nitro groups is 1. The third-order valence-corrected chi connectivity index (χ3v) is 2.85. The van der Waals surface area contributed by atoms with E-state index in [1.165, 1.54) is 24.3 Å². The van der Waals surface area contributed by atoms with Crippen molar-refractivity contribution in [1.29, 1.82) is 0 Å². The Hall–Kier alpha value is -2.50. The molecule has 4 nitrogen and oxygen atoms in total. The molecule has 0 heterocycles. The largest absolute Gasteiger partial charge is 0.378 e. The van der Waals surface area contributed by atoms with Crippen LogP contribution in [0.2, 0.25) is 0 Å². The summed E-state index contributed by atoms with van der Waals surface area (Å²) in [5.74, 6) is -1.03. The smallest absolute Gasteiger partial charge is 0.274 e. The van der Waals surface area contributed by atoms with E-state index in [1.807, 2.05) is 0 Å². The first-order chi connectivity index (χ1) is 9.45. The van der Waals surface area contributed by atoms with Crippen LogP contribution in [-0.2, 0) is 0 Å². The van der Waals surface area contributed by atoms with Crippen LogP contribution in [0.1, 0.15) is 18.5 Å². The maximum absolute atomic E-state index is 13.3. The molecule has 1 atom stereocenters. The summed E-state index contributed by atoms with van der Waals surface area (Å²) in [7, 11) is 0. The molecule has 0 radical (unpaired) electrons. The summed E-state index contributed by atoms with van der Waals surface area (Å²) in [5.41, 5.74) is 0.769. The molecule has 0 fully saturated rings. The lowest BCUT2D eigenvalue weighted by atomic mass is 10.1. The molecular formula is C14H12F2N2O2. The van der Waals surface area contributed by atoms with Crippen LogP contribution in [0, 0.1) is 21.7 Å². The van der Waals surface area contributed by atoms with Gasteiger partial charge < -0.3 is 5.32 Å². The molecule has 104 valence electrons. The molecule has 1 unspecified atom stereocenters. The van der Waals surface area contributed by atoms with Gasteiger partial charge in [0.05, 0.1) is 11.0 Å². The van der Waals surface area contributed by atoms with Gasteiger partial charge in [-0.1, -0.05) is 12.1 Å². The van der Waals surface area contributed by atoms with Crippen molar-refractivity contribution in [2.75, 3.05) is 5.32 Å². The normalized spacial score (nSPS) is 11.9. The highest BCUT2D eigenvalue weighted by molar-refractivity contribution is 5.52. The lowest BCUT2D eigenvalue weighted by molar-refractivity contribution is -0.385. The van der Waals surface area contributed by atoms with Gasteiger partial charge in [0.15, 0.2) is 0 Å². The van der Waals surface area contributed by atoms with E-state index >= 15 is 0 Å². The van der Waals surface area contributed by atoms with E-state index in [2.05, 4.69) is 5.32 Å². The van der Waals surface area contributed by atoms with Crippen molar-refractivity contribution in [3.05, 3.63) is 69.8 Å². The van der Waals surface area contributed by atoms with E-state index < -0.39 is 10.7 Å². The van der Waals surface area contributed by atoms with Crippen molar-refractivity contribution in [3.63, 3.8) is 0 Å². The number of nitro benzene ring substituents is 1. The number of hydrogen-bond acceptors (Lipinski definition) is 3. The first kappa shape index (κ1) is 13.9. The predicted octanol–water partition coefficient (Wildman–Crippen LogP) is 4.05. The van der Waals surface area contributed by atoms with Gasteiger partial charge in [-0.15, -0.1) is 0 Å². The highest BCUT2D eigenvalue weighted by Gasteiger charge is 2.12. The van der Waals surface area contributed by atoms with Gasteiger partial charge in [-0.05, 0) is 30.7 Å². The van der Waals surface area contributed by atoms with Gasteiger partial charge in [0.1, 0.15) is 11.6 Å². The van der Waals surface area contributed by atoms with E-state index in [1.54, 1.807) is 19.1 Å². The third kappa shape index (κ3) is 3.28. The third-order valence-electron chi connectivity index (χ3n) is 2.85. The highest BCUT2D eigenvalue weighted by atomic mass is 19.1. The summed E-state index contributed by atoms with van der Waals surface area (Å²) < 4.78 is 26.1. The Morgan fingerprint density at radius 2 is 1.75 bits per heavy atom. The van der Waals surface area contributed by atoms with Gasteiger partial charge in [-0.3, -0.25) is 10.1 Å². The second-order valence-corrected chi connectivity index (χ2v) is 4.37. The molecule has 0 bridgehead atoms. The first-order valence-corrected chi connectivity index (χ1v) is 5.92. The standard InChI is InChI=1S/C14H12F2N2O2/c1-9(10-2-4-11(15)5-3-10)17-13-6-12(16)7-14(8-13)18(19)20/h2-9,17H,1H3. The minimum absolute atomic E-state index is 0.239. The molecule has 1 N–H and O–H groups in total. The molecule has 0 saturated heterocycles.